The van der Waals surface area contributed by atoms with Crippen molar-refractivity contribution in [2.45, 2.75) is 84.2 Å². The Balaban J connectivity index is 3.06. The number of rotatable bonds is 10. The zero-order valence-electron chi connectivity index (χ0n) is 11.1. The average molecular weight is 224 g/mol. The third-order valence-corrected chi connectivity index (χ3v) is 2.89. The van der Waals surface area contributed by atoms with Crippen molar-refractivity contribution in [3.63, 3.8) is 0 Å². The number of hydrogen-bond donors (Lipinski definition) is 1. The molecule has 1 N–H and O–H groups in total. The molecule has 0 saturated carbocycles. The molecule has 0 aromatic rings. The van der Waals surface area contributed by atoms with Gasteiger partial charge in [-0.3, -0.25) is 0 Å². The number of unbranched alkanes of at least 4 members (excludes halogenated alkanes) is 8. The topological polar surface area (TPSA) is 20.2 Å². The van der Waals surface area contributed by atoms with Gasteiger partial charge in [0.05, 0.1) is 0 Å². The second kappa shape index (κ2) is 12.6. The highest BCUT2D eigenvalue weighted by Crippen LogP contribution is 2.11. The lowest BCUT2D eigenvalue weighted by atomic mass is 10.1. The molecule has 0 saturated heterocycles. The average Bonchev–Trinajstić information content (AvgIpc) is 2.27. The van der Waals surface area contributed by atoms with E-state index in [0.29, 0.717) is 0 Å². The van der Waals surface area contributed by atoms with Gasteiger partial charge in [-0.2, -0.15) is 0 Å². The summed E-state index contributed by atoms with van der Waals surface area (Å²) in [6.45, 7) is 4.03. The van der Waals surface area contributed by atoms with E-state index in [-0.39, 0.29) is 0 Å². The van der Waals surface area contributed by atoms with Crippen LogP contribution in [-0.2, 0) is 0 Å². The predicted molar refractivity (Wildman–Crippen MR) is 71.3 cm³/mol. The van der Waals surface area contributed by atoms with Gasteiger partial charge in [-0.1, -0.05) is 64.2 Å². The number of hydrogen-bond acceptors (Lipinski definition) is 1. The summed E-state index contributed by atoms with van der Waals surface area (Å²) < 4.78 is 0. The van der Waals surface area contributed by atoms with E-state index in [9.17, 15) is 5.11 Å². The fourth-order valence-electron chi connectivity index (χ4n) is 1.89. The Bertz CT molecular complexity index is 187. The van der Waals surface area contributed by atoms with E-state index in [1.807, 2.05) is 0 Å². The van der Waals surface area contributed by atoms with Crippen molar-refractivity contribution >= 4 is 0 Å². The molecular weight excluding hydrogens is 196 g/mol. The lowest BCUT2D eigenvalue weighted by molar-refractivity contribution is 0.217. The maximum absolute atomic E-state index is 9.38. The van der Waals surface area contributed by atoms with Crippen molar-refractivity contribution in [3.8, 4) is 11.8 Å². The lowest BCUT2D eigenvalue weighted by Gasteiger charge is -2.03. The normalized spacial score (nSPS) is 11.9. The molecule has 0 fully saturated rings. The van der Waals surface area contributed by atoms with Gasteiger partial charge in [0, 0.05) is 0 Å². The highest BCUT2D eigenvalue weighted by molar-refractivity contribution is 5.01. The summed E-state index contributed by atoms with van der Waals surface area (Å²) in [4.78, 5) is 0. The quantitative estimate of drug-likeness (QED) is 0.433. The van der Waals surface area contributed by atoms with Crippen LogP contribution in [0.15, 0.2) is 0 Å². The molecule has 1 atom stereocenters. The Morgan fingerprint density at radius 3 is 1.88 bits per heavy atom. The standard InChI is InChI=1S/C15H28O/c1-3-5-6-7-8-9-10-11-12-14-15(16)13-4-2/h15-16H,3,5-12,14H2,1-2H3/t15-/m1/s1. The Labute approximate surface area is 102 Å². The van der Waals surface area contributed by atoms with Gasteiger partial charge in [0.1, 0.15) is 6.10 Å². The van der Waals surface area contributed by atoms with Gasteiger partial charge in [0.15, 0.2) is 0 Å². The van der Waals surface area contributed by atoms with Crippen LogP contribution in [0.1, 0.15) is 78.1 Å². The molecule has 0 aromatic heterocycles. The largest absolute Gasteiger partial charge is 0.380 e. The van der Waals surface area contributed by atoms with Gasteiger partial charge in [-0.05, 0) is 19.8 Å². The van der Waals surface area contributed by atoms with Crippen LogP contribution in [0.4, 0.5) is 0 Å². The van der Waals surface area contributed by atoms with Gasteiger partial charge in [0.2, 0.25) is 0 Å². The molecule has 0 aliphatic rings. The zero-order valence-corrected chi connectivity index (χ0v) is 11.1. The summed E-state index contributed by atoms with van der Waals surface area (Å²) in [5, 5.41) is 9.38. The molecule has 0 heterocycles. The molecule has 1 nitrogen and oxygen atoms in total. The molecule has 0 aromatic carbocycles. The highest BCUT2D eigenvalue weighted by Gasteiger charge is 1.98. The number of aliphatic hydroxyl groups excluding tert-OH is 1. The molecule has 0 bridgehead atoms. The molecule has 0 unspecified atom stereocenters. The van der Waals surface area contributed by atoms with Crippen molar-refractivity contribution in [2.24, 2.45) is 0 Å². The molecule has 0 aliphatic carbocycles. The zero-order chi connectivity index (χ0) is 12.1. The molecule has 0 amide bonds. The van der Waals surface area contributed by atoms with E-state index in [0.717, 1.165) is 12.8 Å². The first-order valence-electron chi connectivity index (χ1n) is 6.91. The maximum atomic E-state index is 9.38. The van der Waals surface area contributed by atoms with Gasteiger partial charge >= 0.3 is 0 Å². The molecular formula is C15H28O. The fourth-order valence-corrected chi connectivity index (χ4v) is 1.89. The van der Waals surface area contributed by atoms with Gasteiger partial charge < -0.3 is 5.11 Å². The third-order valence-electron chi connectivity index (χ3n) is 2.89. The van der Waals surface area contributed by atoms with Crippen LogP contribution in [0.25, 0.3) is 0 Å². The van der Waals surface area contributed by atoms with E-state index in [2.05, 4.69) is 18.8 Å². The molecule has 1 heteroatoms. The highest BCUT2D eigenvalue weighted by atomic mass is 16.3. The molecule has 0 rings (SSSR count). The Hall–Kier alpha value is -0.480. The second-order valence-corrected chi connectivity index (χ2v) is 4.53. The van der Waals surface area contributed by atoms with Crippen molar-refractivity contribution in [3.05, 3.63) is 0 Å². The van der Waals surface area contributed by atoms with Crippen LogP contribution >= 0.6 is 0 Å². The molecule has 0 radical (unpaired) electrons. The molecule has 94 valence electrons. The van der Waals surface area contributed by atoms with Crippen molar-refractivity contribution < 1.29 is 5.11 Å². The second-order valence-electron chi connectivity index (χ2n) is 4.53. The van der Waals surface area contributed by atoms with Crippen LogP contribution in [0.3, 0.4) is 0 Å². The fraction of sp³-hybridized carbons (Fsp3) is 0.867. The molecule has 0 spiro atoms. The van der Waals surface area contributed by atoms with Crippen molar-refractivity contribution in [1.82, 2.24) is 0 Å². The summed E-state index contributed by atoms with van der Waals surface area (Å²) in [5.41, 5.74) is 0. The lowest BCUT2D eigenvalue weighted by Crippen LogP contribution is -2.01. The first-order chi connectivity index (χ1) is 7.81. The minimum Gasteiger partial charge on any atom is -0.380 e. The summed E-state index contributed by atoms with van der Waals surface area (Å²) >= 11 is 0. The summed E-state index contributed by atoms with van der Waals surface area (Å²) in [7, 11) is 0. The molecule has 16 heavy (non-hydrogen) atoms. The smallest absolute Gasteiger partial charge is 0.114 e. The van der Waals surface area contributed by atoms with Gasteiger partial charge in [0.25, 0.3) is 0 Å². The van der Waals surface area contributed by atoms with Crippen LogP contribution < -0.4 is 0 Å². The van der Waals surface area contributed by atoms with Crippen LogP contribution in [-0.4, -0.2) is 11.2 Å². The van der Waals surface area contributed by atoms with Crippen LogP contribution in [0.5, 0.6) is 0 Å². The first kappa shape index (κ1) is 15.5. The Morgan fingerprint density at radius 2 is 1.38 bits per heavy atom. The van der Waals surface area contributed by atoms with Gasteiger partial charge in [-0.25, -0.2) is 0 Å². The first-order valence-corrected chi connectivity index (χ1v) is 6.91. The Morgan fingerprint density at radius 1 is 0.875 bits per heavy atom. The van der Waals surface area contributed by atoms with E-state index in [1.165, 1.54) is 51.4 Å². The molecule has 0 aliphatic heterocycles. The van der Waals surface area contributed by atoms with Crippen LogP contribution in [0, 0.1) is 11.8 Å². The minimum absolute atomic E-state index is 0.394. The van der Waals surface area contributed by atoms with E-state index < -0.39 is 6.10 Å². The van der Waals surface area contributed by atoms with Crippen LogP contribution in [0.2, 0.25) is 0 Å². The number of aliphatic hydroxyl groups is 1. The summed E-state index contributed by atoms with van der Waals surface area (Å²) in [6, 6.07) is 0. The van der Waals surface area contributed by atoms with E-state index in [1.54, 1.807) is 6.92 Å². The van der Waals surface area contributed by atoms with E-state index in [4.69, 9.17) is 0 Å². The van der Waals surface area contributed by atoms with Crippen molar-refractivity contribution in [2.75, 3.05) is 0 Å². The monoisotopic (exact) mass is 224 g/mol. The third kappa shape index (κ3) is 11.6. The van der Waals surface area contributed by atoms with Gasteiger partial charge in [-0.15, -0.1) is 5.92 Å². The summed E-state index contributed by atoms with van der Waals surface area (Å²) in [6.07, 6.45) is 12.4. The predicted octanol–water partition coefficient (Wildman–Crippen LogP) is 4.29. The maximum Gasteiger partial charge on any atom is 0.114 e. The minimum atomic E-state index is -0.394. The Kier molecular flexibility index (Phi) is 12.2. The van der Waals surface area contributed by atoms with E-state index >= 15 is 0 Å². The summed E-state index contributed by atoms with van der Waals surface area (Å²) in [5.74, 6) is 5.52. The van der Waals surface area contributed by atoms with Crippen molar-refractivity contribution in [1.29, 1.82) is 0 Å². The SMILES string of the molecule is CC#C[C@@H](O)CCCCCCCCCCC.